The first-order chi connectivity index (χ1) is 17.0. The molecule has 0 bridgehead atoms. The van der Waals surface area contributed by atoms with Crippen molar-refractivity contribution in [1.82, 2.24) is 14.9 Å². The number of fused-ring (bicyclic) bond motifs is 1. The predicted octanol–water partition coefficient (Wildman–Crippen LogP) is 4.37. The van der Waals surface area contributed by atoms with E-state index in [1.165, 1.54) is 0 Å². The molecule has 2 N–H and O–H groups in total. The number of hydrogen-bond acceptors (Lipinski definition) is 5. The summed E-state index contributed by atoms with van der Waals surface area (Å²) < 4.78 is 13.1. The number of benzene rings is 2. The zero-order valence-corrected chi connectivity index (χ0v) is 20.3. The number of aromatic nitrogens is 2. The fraction of sp³-hybridized carbons (Fsp3) is 0.286. The molecule has 35 heavy (non-hydrogen) atoms. The van der Waals surface area contributed by atoms with Gasteiger partial charge in [0.1, 0.15) is 5.75 Å². The number of nitrogens with zero attached hydrogens (tertiary/aromatic N) is 2. The van der Waals surface area contributed by atoms with Crippen molar-refractivity contribution in [3.63, 3.8) is 0 Å². The molecule has 1 unspecified atom stereocenters. The van der Waals surface area contributed by atoms with Crippen molar-refractivity contribution in [2.24, 2.45) is 7.05 Å². The summed E-state index contributed by atoms with van der Waals surface area (Å²) in [5.41, 5.74) is 4.30. The molecule has 0 aliphatic carbocycles. The van der Waals surface area contributed by atoms with Gasteiger partial charge in [-0.1, -0.05) is 31.2 Å². The molecule has 2 aromatic heterocycles. The minimum Gasteiger partial charge on any atom is -0.493 e. The lowest BCUT2D eigenvalue weighted by molar-refractivity contribution is 0.0912. The van der Waals surface area contributed by atoms with E-state index in [9.17, 15) is 9.90 Å². The van der Waals surface area contributed by atoms with E-state index in [2.05, 4.69) is 27.0 Å². The van der Waals surface area contributed by atoms with Crippen LogP contribution in [0.2, 0.25) is 0 Å². The Labute approximate surface area is 205 Å². The minimum atomic E-state index is -0.446. The molecule has 0 spiro atoms. The summed E-state index contributed by atoms with van der Waals surface area (Å²) in [6.45, 7) is 2.34. The molecule has 0 fully saturated rings. The Morgan fingerprint density at radius 2 is 1.94 bits per heavy atom. The number of aliphatic hydroxyl groups is 1. The molecule has 4 rings (SSSR count). The third-order valence-corrected chi connectivity index (χ3v) is 5.97. The van der Waals surface area contributed by atoms with Crippen LogP contribution in [0.4, 0.5) is 0 Å². The van der Waals surface area contributed by atoms with Gasteiger partial charge in [-0.2, -0.15) is 0 Å². The van der Waals surface area contributed by atoms with Crippen molar-refractivity contribution in [2.45, 2.75) is 25.8 Å². The van der Waals surface area contributed by atoms with Gasteiger partial charge in [-0.05, 0) is 48.2 Å². The van der Waals surface area contributed by atoms with E-state index in [0.717, 1.165) is 34.0 Å². The van der Waals surface area contributed by atoms with Gasteiger partial charge in [0.2, 0.25) is 5.88 Å². The van der Waals surface area contributed by atoms with Gasteiger partial charge in [0.15, 0.2) is 0 Å². The Bertz CT molecular complexity index is 1300. The van der Waals surface area contributed by atoms with Crippen LogP contribution in [0.25, 0.3) is 22.0 Å². The second-order valence-electron chi connectivity index (χ2n) is 8.49. The second kappa shape index (κ2) is 11.1. The normalized spacial score (nSPS) is 11.9. The van der Waals surface area contributed by atoms with Crippen LogP contribution in [0.3, 0.4) is 0 Å². The summed E-state index contributed by atoms with van der Waals surface area (Å²) in [6.07, 6.45) is 5.09. The minimum absolute atomic E-state index is 0.178. The second-order valence-corrected chi connectivity index (χ2v) is 8.49. The monoisotopic (exact) mass is 473 g/mol. The lowest BCUT2D eigenvalue weighted by Crippen LogP contribution is -2.39. The number of aliphatic hydroxyl groups excluding tert-OH is 1. The summed E-state index contributed by atoms with van der Waals surface area (Å²) in [7, 11) is 3.56. The highest BCUT2D eigenvalue weighted by atomic mass is 16.5. The SMILES string of the molecule is CCCOc1ccc(-c2ccc(OC)nc2)cc1C(=O)NC(CO)Cc1cn(C)c2ccccc12. The molecular formula is C28H31N3O4. The highest BCUT2D eigenvalue weighted by Crippen LogP contribution is 2.28. The van der Waals surface area contributed by atoms with E-state index in [0.29, 0.717) is 30.2 Å². The van der Waals surface area contributed by atoms with Crippen molar-refractivity contribution in [2.75, 3.05) is 20.3 Å². The van der Waals surface area contributed by atoms with E-state index in [1.54, 1.807) is 25.4 Å². The van der Waals surface area contributed by atoms with Gasteiger partial charge in [0.25, 0.3) is 5.91 Å². The Kier molecular flexibility index (Phi) is 7.67. The number of methoxy groups -OCH3 is 1. The van der Waals surface area contributed by atoms with Crippen molar-refractivity contribution >= 4 is 16.8 Å². The number of ether oxygens (including phenoxy) is 2. The number of carbonyl (C=O) groups excluding carboxylic acids is 1. The Balaban J connectivity index is 1.59. The molecule has 1 amide bonds. The number of rotatable bonds is 10. The van der Waals surface area contributed by atoms with Gasteiger partial charge in [0.05, 0.1) is 31.9 Å². The maximum atomic E-state index is 13.4. The van der Waals surface area contributed by atoms with E-state index < -0.39 is 6.04 Å². The number of para-hydroxylation sites is 1. The standard InChI is InChI=1S/C28H31N3O4/c1-4-13-35-26-11-9-19(20-10-12-27(34-3)29-16-20)15-24(26)28(33)30-22(18-32)14-21-17-31(2)25-8-6-5-7-23(21)25/h5-12,15-17,22,32H,4,13-14,18H2,1-3H3,(H,30,33). The predicted molar refractivity (Wildman–Crippen MR) is 137 cm³/mol. The zero-order chi connectivity index (χ0) is 24.8. The van der Waals surface area contributed by atoms with Gasteiger partial charge in [0, 0.05) is 42.0 Å². The van der Waals surface area contributed by atoms with Crippen molar-refractivity contribution in [1.29, 1.82) is 0 Å². The molecule has 0 saturated heterocycles. The van der Waals surface area contributed by atoms with Crippen LogP contribution >= 0.6 is 0 Å². The largest absolute Gasteiger partial charge is 0.493 e. The average Bonchev–Trinajstić information content (AvgIpc) is 3.22. The first-order valence-corrected chi connectivity index (χ1v) is 11.8. The summed E-state index contributed by atoms with van der Waals surface area (Å²) in [5.74, 6) is 0.740. The molecule has 4 aromatic rings. The topological polar surface area (TPSA) is 85.6 Å². The van der Waals surface area contributed by atoms with E-state index in [4.69, 9.17) is 9.47 Å². The van der Waals surface area contributed by atoms with Gasteiger partial charge in [-0.3, -0.25) is 4.79 Å². The first kappa shape index (κ1) is 24.3. The molecule has 0 aliphatic heterocycles. The lowest BCUT2D eigenvalue weighted by atomic mass is 10.0. The molecule has 0 saturated carbocycles. The third-order valence-electron chi connectivity index (χ3n) is 5.97. The molecule has 0 radical (unpaired) electrons. The van der Waals surface area contributed by atoms with Gasteiger partial charge in [-0.25, -0.2) is 4.98 Å². The Morgan fingerprint density at radius 3 is 2.66 bits per heavy atom. The summed E-state index contributed by atoms with van der Waals surface area (Å²) in [4.78, 5) is 17.7. The van der Waals surface area contributed by atoms with Crippen molar-refractivity contribution in [3.05, 3.63) is 78.1 Å². The molecular weight excluding hydrogens is 442 g/mol. The molecule has 2 aromatic carbocycles. The summed E-state index contributed by atoms with van der Waals surface area (Å²) in [5, 5.41) is 14.2. The molecule has 1 atom stereocenters. The average molecular weight is 474 g/mol. The summed E-state index contributed by atoms with van der Waals surface area (Å²) in [6, 6.07) is 16.9. The number of carbonyl (C=O) groups is 1. The number of nitrogens with one attached hydrogen (secondary N) is 1. The van der Waals surface area contributed by atoms with Crippen LogP contribution in [0.5, 0.6) is 11.6 Å². The number of hydrogen-bond donors (Lipinski definition) is 2. The van der Waals surface area contributed by atoms with Crippen LogP contribution < -0.4 is 14.8 Å². The van der Waals surface area contributed by atoms with Crippen LogP contribution in [-0.2, 0) is 13.5 Å². The number of amides is 1. The van der Waals surface area contributed by atoms with Gasteiger partial charge >= 0.3 is 0 Å². The van der Waals surface area contributed by atoms with E-state index in [1.807, 2.05) is 50.5 Å². The smallest absolute Gasteiger partial charge is 0.255 e. The molecule has 7 heteroatoms. The molecule has 182 valence electrons. The molecule has 0 aliphatic rings. The van der Waals surface area contributed by atoms with E-state index in [-0.39, 0.29) is 12.5 Å². The molecule has 2 heterocycles. The van der Waals surface area contributed by atoms with Crippen LogP contribution in [0.1, 0.15) is 29.3 Å². The zero-order valence-electron chi connectivity index (χ0n) is 20.3. The van der Waals surface area contributed by atoms with Crippen LogP contribution in [-0.4, -0.2) is 46.9 Å². The fourth-order valence-electron chi connectivity index (χ4n) is 4.17. The number of aryl methyl sites for hydroxylation is 1. The van der Waals surface area contributed by atoms with Crippen molar-refractivity contribution in [3.8, 4) is 22.8 Å². The lowest BCUT2D eigenvalue weighted by Gasteiger charge is -2.18. The highest BCUT2D eigenvalue weighted by Gasteiger charge is 2.20. The Hall–Kier alpha value is -3.84. The van der Waals surface area contributed by atoms with Crippen LogP contribution in [0.15, 0.2) is 67.0 Å². The maximum Gasteiger partial charge on any atom is 0.255 e. The number of pyridine rings is 1. The highest BCUT2D eigenvalue weighted by molar-refractivity contribution is 5.98. The van der Waals surface area contributed by atoms with Crippen molar-refractivity contribution < 1.29 is 19.4 Å². The van der Waals surface area contributed by atoms with Gasteiger partial charge < -0.3 is 24.5 Å². The molecule has 7 nitrogen and oxygen atoms in total. The van der Waals surface area contributed by atoms with Crippen LogP contribution in [0, 0.1) is 0 Å². The quantitative estimate of drug-likeness (QED) is 0.357. The summed E-state index contributed by atoms with van der Waals surface area (Å²) >= 11 is 0. The third kappa shape index (κ3) is 5.46. The van der Waals surface area contributed by atoms with Gasteiger partial charge in [-0.15, -0.1) is 0 Å². The fourth-order valence-corrected chi connectivity index (χ4v) is 4.17. The Morgan fingerprint density at radius 1 is 1.14 bits per heavy atom. The first-order valence-electron chi connectivity index (χ1n) is 11.8. The van der Waals surface area contributed by atoms with E-state index >= 15 is 0 Å². The maximum absolute atomic E-state index is 13.4.